The first-order valence-corrected chi connectivity index (χ1v) is 10.2. The van der Waals surface area contributed by atoms with Gasteiger partial charge in [-0.2, -0.15) is 5.10 Å². The van der Waals surface area contributed by atoms with Gasteiger partial charge in [0, 0.05) is 60.4 Å². The van der Waals surface area contributed by atoms with Crippen LogP contribution >= 0.6 is 0 Å². The number of Topliss-reactive ketones (excluding diaryl/α,β-unsaturated/α-hetero) is 1. The molecule has 0 fully saturated rings. The van der Waals surface area contributed by atoms with Gasteiger partial charge in [0.1, 0.15) is 17.0 Å². The molecular weight excluding hydrogens is 408 g/mol. The highest BCUT2D eigenvalue weighted by molar-refractivity contribution is 5.97. The Morgan fingerprint density at radius 3 is 2.75 bits per heavy atom. The molecule has 32 heavy (non-hydrogen) atoms. The lowest BCUT2D eigenvalue weighted by Crippen LogP contribution is -2.27. The summed E-state index contributed by atoms with van der Waals surface area (Å²) < 4.78 is 4.95. The number of hydrogen-bond acceptors (Lipinski definition) is 6. The van der Waals surface area contributed by atoms with Gasteiger partial charge in [-0.3, -0.25) is 19.7 Å². The predicted molar refractivity (Wildman–Crippen MR) is 120 cm³/mol. The zero-order chi connectivity index (χ0) is 22.7. The molecule has 0 aliphatic carbocycles. The number of aryl methyl sites for hydroxylation is 1. The molecule has 0 radical (unpaired) electrons. The summed E-state index contributed by atoms with van der Waals surface area (Å²) in [5.41, 5.74) is 5.67. The smallest absolute Gasteiger partial charge is 0.269 e. The van der Waals surface area contributed by atoms with E-state index in [1.807, 2.05) is 32.0 Å². The van der Waals surface area contributed by atoms with E-state index in [2.05, 4.69) is 30.5 Å². The zero-order valence-corrected chi connectivity index (χ0v) is 18.2. The maximum atomic E-state index is 12.6. The summed E-state index contributed by atoms with van der Waals surface area (Å²) in [5.74, 6) is -0.315. The van der Waals surface area contributed by atoms with Crippen LogP contribution in [0.4, 0.5) is 0 Å². The lowest BCUT2D eigenvalue weighted by Gasteiger charge is -2.05. The third-order valence-electron chi connectivity index (χ3n) is 5.30. The quantitative estimate of drug-likeness (QED) is 0.290. The molecule has 0 aliphatic rings. The number of pyridine rings is 2. The van der Waals surface area contributed by atoms with E-state index in [4.69, 9.17) is 4.74 Å². The standard InChI is InChI=1S/C23H24N6O3/c1-13-14(2)28-29-21(13)20(30)9-15-8-17-11-18(27-22(17)26-12-15)16-4-5-24-19(10-16)23(31)25-6-7-32-3/h4-5,8,10-12H,6-7,9H2,1-3H3,(H,25,31)(H,26,27)(H,28,29). The van der Waals surface area contributed by atoms with Gasteiger partial charge in [0.05, 0.1) is 6.61 Å². The summed E-state index contributed by atoms with van der Waals surface area (Å²) in [6, 6.07) is 7.43. The molecule has 164 valence electrons. The monoisotopic (exact) mass is 432 g/mol. The van der Waals surface area contributed by atoms with Crippen LogP contribution in [0.5, 0.6) is 0 Å². The Labute approximate surface area is 184 Å². The molecule has 4 heterocycles. The number of hydrogen-bond donors (Lipinski definition) is 3. The van der Waals surface area contributed by atoms with Crippen molar-refractivity contribution in [3.63, 3.8) is 0 Å². The van der Waals surface area contributed by atoms with E-state index in [-0.39, 0.29) is 18.1 Å². The van der Waals surface area contributed by atoms with Crippen molar-refractivity contribution in [3.05, 3.63) is 64.9 Å². The number of nitrogens with one attached hydrogen (secondary N) is 3. The molecule has 0 aliphatic heterocycles. The van der Waals surface area contributed by atoms with Crippen LogP contribution in [0.1, 0.15) is 37.8 Å². The maximum Gasteiger partial charge on any atom is 0.269 e. The Balaban J connectivity index is 1.54. The molecule has 0 unspecified atom stereocenters. The molecule has 3 N–H and O–H groups in total. The summed E-state index contributed by atoms with van der Waals surface area (Å²) in [6.45, 7) is 4.62. The number of ketones is 1. The van der Waals surface area contributed by atoms with E-state index >= 15 is 0 Å². The van der Waals surface area contributed by atoms with Crippen LogP contribution in [0.3, 0.4) is 0 Å². The first-order valence-electron chi connectivity index (χ1n) is 10.2. The number of carbonyl (C=O) groups is 2. The van der Waals surface area contributed by atoms with Crippen molar-refractivity contribution in [2.24, 2.45) is 0 Å². The van der Waals surface area contributed by atoms with Crippen molar-refractivity contribution in [1.82, 2.24) is 30.5 Å². The number of aromatic amines is 2. The van der Waals surface area contributed by atoms with Crippen molar-refractivity contribution >= 4 is 22.7 Å². The number of nitrogens with zero attached hydrogens (tertiary/aromatic N) is 3. The molecule has 0 saturated carbocycles. The molecular formula is C23H24N6O3. The molecule has 0 aromatic carbocycles. The minimum atomic E-state index is -0.261. The minimum Gasteiger partial charge on any atom is -0.383 e. The summed E-state index contributed by atoms with van der Waals surface area (Å²) in [5, 5.41) is 10.6. The third kappa shape index (κ3) is 4.42. The number of aromatic nitrogens is 5. The Kier molecular flexibility index (Phi) is 6.09. The minimum absolute atomic E-state index is 0.0537. The fourth-order valence-electron chi connectivity index (χ4n) is 3.42. The fourth-order valence-corrected chi connectivity index (χ4v) is 3.42. The molecule has 4 aromatic rings. The second-order valence-corrected chi connectivity index (χ2v) is 7.57. The lowest BCUT2D eigenvalue weighted by atomic mass is 10.0. The lowest BCUT2D eigenvalue weighted by molar-refractivity contribution is 0.0931. The Morgan fingerprint density at radius 1 is 1.16 bits per heavy atom. The summed E-state index contributed by atoms with van der Waals surface area (Å²) in [4.78, 5) is 36.8. The predicted octanol–water partition coefficient (Wildman–Crippen LogP) is 2.77. The summed E-state index contributed by atoms with van der Waals surface area (Å²) in [7, 11) is 1.58. The van der Waals surface area contributed by atoms with Gasteiger partial charge in [0.15, 0.2) is 5.78 Å². The number of ether oxygens (including phenoxy) is 1. The topological polar surface area (TPSA) is 126 Å². The second kappa shape index (κ2) is 9.11. The molecule has 4 rings (SSSR count). The van der Waals surface area contributed by atoms with Crippen LogP contribution in [0, 0.1) is 13.8 Å². The van der Waals surface area contributed by atoms with Gasteiger partial charge in [0.2, 0.25) is 0 Å². The van der Waals surface area contributed by atoms with E-state index in [9.17, 15) is 9.59 Å². The van der Waals surface area contributed by atoms with Gasteiger partial charge in [0.25, 0.3) is 5.91 Å². The molecule has 0 bridgehead atoms. The number of methoxy groups -OCH3 is 1. The third-order valence-corrected chi connectivity index (χ3v) is 5.30. The molecule has 0 saturated heterocycles. The summed E-state index contributed by atoms with van der Waals surface area (Å²) in [6.07, 6.45) is 3.50. The first kappa shape index (κ1) is 21.4. The SMILES string of the molecule is COCCNC(=O)c1cc(-c2cc3cc(CC(=O)c4n[nH]c(C)c4C)cnc3[nH]2)ccn1. The van der Waals surface area contributed by atoms with Crippen LogP contribution in [0.2, 0.25) is 0 Å². The Bertz CT molecular complexity index is 1290. The normalized spacial score (nSPS) is 11.1. The van der Waals surface area contributed by atoms with Crippen molar-refractivity contribution in [3.8, 4) is 11.3 Å². The number of amides is 1. The highest BCUT2D eigenvalue weighted by Gasteiger charge is 2.16. The van der Waals surface area contributed by atoms with Crippen LogP contribution in [-0.2, 0) is 11.2 Å². The van der Waals surface area contributed by atoms with Gasteiger partial charge >= 0.3 is 0 Å². The molecule has 0 atom stereocenters. The molecule has 9 heteroatoms. The maximum absolute atomic E-state index is 12.6. The summed E-state index contributed by atoms with van der Waals surface area (Å²) >= 11 is 0. The highest BCUT2D eigenvalue weighted by atomic mass is 16.5. The van der Waals surface area contributed by atoms with Gasteiger partial charge < -0.3 is 15.0 Å². The number of carbonyl (C=O) groups excluding carboxylic acids is 2. The highest BCUT2D eigenvalue weighted by Crippen LogP contribution is 2.24. The van der Waals surface area contributed by atoms with Gasteiger partial charge in [-0.15, -0.1) is 0 Å². The molecule has 4 aromatic heterocycles. The number of fused-ring (bicyclic) bond motifs is 1. The average Bonchev–Trinajstić information content (AvgIpc) is 3.37. The number of H-pyrrole nitrogens is 2. The van der Waals surface area contributed by atoms with E-state index in [0.717, 1.165) is 33.5 Å². The van der Waals surface area contributed by atoms with Crippen molar-refractivity contribution in [1.29, 1.82) is 0 Å². The Morgan fingerprint density at radius 2 is 2.00 bits per heavy atom. The van der Waals surface area contributed by atoms with Gasteiger partial charge in [-0.25, -0.2) is 4.98 Å². The molecule has 1 amide bonds. The van der Waals surface area contributed by atoms with Gasteiger partial charge in [-0.05, 0) is 43.7 Å². The van der Waals surface area contributed by atoms with Crippen LogP contribution in [0.25, 0.3) is 22.3 Å². The van der Waals surface area contributed by atoms with E-state index in [1.165, 1.54) is 0 Å². The first-order chi connectivity index (χ1) is 15.5. The fraction of sp³-hybridized carbons (Fsp3) is 0.261. The van der Waals surface area contributed by atoms with Gasteiger partial charge in [-0.1, -0.05) is 0 Å². The zero-order valence-electron chi connectivity index (χ0n) is 18.2. The molecule has 9 nitrogen and oxygen atoms in total. The molecule has 0 spiro atoms. The van der Waals surface area contributed by atoms with E-state index < -0.39 is 0 Å². The number of rotatable bonds is 8. The van der Waals surface area contributed by atoms with Crippen LogP contribution in [-0.4, -0.2) is 57.1 Å². The van der Waals surface area contributed by atoms with E-state index in [0.29, 0.717) is 30.2 Å². The van der Waals surface area contributed by atoms with Crippen LogP contribution in [0.15, 0.2) is 36.7 Å². The van der Waals surface area contributed by atoms with Crippen molar-refractivity contribution in [2.75, 3.05) is 20.3 Å². The van der Waals surface area contributed by atoms with E-state index in [1.54, 1.807) is 25.6 Å². The second-order valence-electron chi connectivity index (χ2n) is 7.57. The average molecular weight is 432 g/mol. The van der Waals surface area contributed by atoms with Crippen molar-refractivity contribution < 1.29 is 14.3 Å². The Hall–Kier alpha value is -3.85. The van der Waals surface area contributed by atoms with Crippen LogP contribution < -0.4 is 5.32 Å². The largest absolute Gasteiger partial charge is 0.383 e. The van der Waals surface area contributed by atoms with Crippen molar-refractivity contribution in [2.45, 2.75) is 20.3 Å².